The van der Waals surface area contributed by atoms with Crippen molar-refractivity contribution in [2.75, 3.05) is 64.1 Å². The van der Waals surface area contributed by atoms with Crippen molar-refractivity contribution in [1.29, 1.82) is 0 Å². The molecule has 2 N–H and O–H groups in total. The SMILES string of the molecule is CCS(=O)(=O)NCCCNC(=NC)N1CCN(c2ccc(OC)cc2)CC1.I. The van der Waals surface area contributed by atoms with Crippen molar-refractivity contribution in [3.8, 4) is 5.75 Å². The molecule has 28 heavy (non-hydrogen) atoms. The summed E-state index contributed by atoms with van der Waals surface area (Å²) < 4.78 is 30.6. The Morgan fingerprint density at radius 1 is 1.14 bits per heavy atom. The second kappa shape index (κ2) is 12.3. The van der Waals surface area contributed by atoms with Gasteiger partial charge in [0.25, 0.3) is 0 Å². The number of nitrogens with one attached hydrogen (secondary N) is 2. The van der Waals surface area contributed by atoms with Gasteiger partial charge >= 0.3 is 0 Å². The van der Waals surface area contributed by atoms with Gasteiger partial charge < -0.3 is 19.9 Å². The summed E-state index contributed by atoms with van der Waals surface area (Å²) in [5, 5.41) is 3.32. The summed E-state index contributed by atoms with van der Waals surface area (Å²) in [7, 11) is 0.333. The molecule has 0 bridgehead atoms. The van der Waals surface area contributed by atoms with Crippen molar-refractivity contribution in [3.63, 3.8) is 0 Å². The average Bonchev–Trinajstić information content (AvgIpc) is 2.71. The molecule has 8 nitrogen and oxygen atoms in total. The molecule has 1 aromatic rings. The molecular weight excluding hydrogens is 493 g/mol. The van der Waals surface area contributed by atoms with Crippen LogP contribution in [0.25, 0.3) is 0 Å². The lowest BCUT2D eigenvalue weighted by atomic mass is 10.2. The number of anilines is 1. The number of benzene rings is 1. The highest BCUT2D eigenvalue weighted by molar-refractivity contribution is 14.0. The van der Waals surface area contributed by atoms with Crippen molar-refractivity contribution < 1.29 is 13.2 Å². The van der Waals surface area contributed by atoms with E-state index in [-0.39, 0.29) is 29.7 Å². The van der Waals surface area contributed by atoms with Crippen LogP contribution in [0.3, 0.4) is 0 Å². The lowest BCUT2D eigenvalue weighted by molar-refractivity contribution is 0.372. The van der Waals surface area contributed by atoms with Crippen LogP contribution >= 0.6 is 24.0 Å². The molecule has 1 saturated heterocycles. The fourth-order valence-electron chi connectivity index (χ4n) is 2.92. The number of nitrogens with zero attached hydrogens (tertiary/aromatic N) is 3. The largest absolute Gasteiger partial charge is 0.497 e. The van der Waals surface area contributed by atoms with E-state index in [0.717, 1.165) is 37.9 Å². The molecule has 0 aliphatic carbocycles. The molecule has 0 atom stereocenters. The van der Waals surface area contributed by atoms with Crippen molar-refractivity contribution in [2.45, 2.75) is 13.3 Å². The van der Waals surface area contributed by atoms with Crippen LogP contribution in [0.4, 0.5) is 5.69 Å². The van der Waals surface area contributed by atoms with Gasteiger partial charge in [-0.25, -0.2) is 13.1 Å². The molecule has 1 aromatic carbocycles. The number of sulfonamides is 1. The molecule has 0 aromatic heterocycles. The zero-order chi connectivity index (χ0) is 19.7. The van der Waals surface area contributed by atoms with E-state index in [1.807, 2.05) is 12.1 Å². The zero-order valence-corrected chi connectivity index (χ0v) is 20.0. The van der Waals surface area contributed by atoms with Gasteiger partial charge in [-0.15, -0.1) is 24.0 Å². The first kappa shape index (κ1) is 24.8. The van der Waals surface area contributed by atoms with Gasteiger partial charge in [0.1, 0.15) is 5.75 Å². The molecule has 10 heteroatoms. The maximum atomic E-state index is 11.4. The predicted octanol–water partition coefficient (Wildman–Crippen LogP) is 1.34. The van der Waals surface area contributed by atoms with Gasteiger partial charge in [-0.1, -0.05) is 0 Å². The third-order valence-corrected chi connectivity index (χ3v) is 5.97. The molecule has 0 spiro atoms. The molecule has 160 valence electrons. The Balaban J connectivity index is 0.00000392. The van der Waals surface area contributed by atoms with Crippen LogP contribution < -0.4 is 19.7 Å². The maximum absolute atomic E-state index is 11.4. The number of piperazine rings is 1. The van der Waals surface area contributed by atoms with E-state index >= 15 is 0 Å². The number of guanidine groups is 1. The minimum absolute atomic E-state index is 0. The molecule has 0 amide bonds. The summed E-state index contributed by atoms with van der Waals surface area (Å²) in [4.78, 5) is 8.93. The molecule has 1 aliphatic heterocycles. The third-order valence-electron chi connectivity index (χ3n) is 4.57. The zero-order valence-electron chi connectivity index (χ0n) is 16.8. The Morgan fingerprint density at radius 3 is 2.32 bits per heavy atom. The molecule has 0 radical (unpaired) electrons. The predicted molar refractivity (Wildman–Crippen MR) is 126 cm³/mol. The van der Waals surface area contributed by atoms with Crippen LogP contribution in [0.5, 0.6) is 5.75 Å². The van der Waals surface area contributed by atoms with Gasteiger partial charge in [-0.3, -0.25) is 4.99 Å². The number of rotatable bonds is 8. The Labute approximate surface area is 185 Å². The highest BCUT2D eigenvalue weighted by Crippen LogP contribution is 2.20. The second-order valence-electron chi connectivity index (χ2n) is 6.30. The first-order chi connectivity index (χ1) is 13.0. The minimum atomic E-state index is -3.12. The summed E-state index contributed by atoms with van der Waals surface area (Å²) in [6.45, 7) is 6.35. The molecule has 0 unspecified atom stereocenters. The van der Waals surface area contributed by atoms with Crippen molar-refractivity contribution in [1.82, 2.24) is 14.9 Å². The highest BCUT2D eigenvalue weighted by Gasteiger charge is 2.19. The monoisotopic (exact) mass is 525 g/mol. The number of hydrogen-bond donors (Lipinski definition) is 2. The Hall–Kier alpha value is -1.27. The van der Waals surface area contributed by atoms with Crippen LogP contribution in [-0.4, -0.2) is 78.5 Å². The van der Waals surface area contributed by atoms with Crippen LogP contribution in [0, 0.1) is 0 Å². The number of halogens is 1. The van der Waals surface area contributed by atoms with Crippen molar-refractivity contribution >= 4 is 45.6 Å². The maximum Gasteiger partial charge on any atom is 0.211 e. The van der Waals surface area contributed by atoms with E-state index in [4.69, 9.17) is 4.74 Å². The molecule has 1 heterocycles. The highest BCUT2D eigenvalue weighted by atomic mass is 127. The molecule has 1 fully saturated rings. The minimum Gasteiger partial charge on any atom is -0.497 e. The Morgan fingerprint density at radius 2 is 1.79 bits per heavy atom. The molecule has 0 saturated carbocycles. The fourth-order valence-corrected chi connectivity index (χ4v) is 3.58. The first-order valence-electron chi connectivity index (χ1n) is 9.31. The number of methoxy groups -OCH3 is 1. The standard InChI is InChI=1S/C18H31N5O3S.HI/c1-4-27(24,25)21-11-5-10-20-18(19-2)23-14-12-22(13-15-23)16-6-8-17(26-3)9-7-16;/h6-9,21H,4-5,10-15H2,1-3H3,(H,19,20);1H. The average molecular weight is 525 g/mol. The van der Waals surface area contributed by atoms with Crippen molar-refractivity contribution in [3.05, 3.63) is 24.3 Å². The first-order valence-corrected chi connectivity index (χ1v) is 11.0. The quantitative estimate of drug-likeness (QED) is 0.231. The fraction of sp³-hybridized carbons (Fsp3) is 0.611. The lowest BCUT2D eigenvalue weighted by Crippen LogP contribution is -2.52. The summed E-state index contributed by atoms with van der Waals surface area (Å²) in [6, 6.07) is 8.13. The van der Waals surface area contributed by atoms with Crippen molar-refractivity contribution in [2.24, 2.45) is 4.99 Å². The Bertz CT molecular complexity index is 704. The van der Waals surface area contributed by atoms with Gasteiger partial charge in [-0.2, -0.15) is 0 Å². The van der Waals surface area contributed by atoms with Crippen LogP contribution in [-0.2, 0) is 10.0 Å². The number of ether oxygens (including phenoxy) is 1. The van der Waals surface area contributed by atoms with Gasteiger partial charge in [-0.05, 0) is 37.6 Å². The molecule has 1 aliphatic rings. The second-order valence-corrected chi connectivity index (χ2v) is 8.39. The lowest BCUT2D eigenvalue weighted by Gasteiger charge is -2.37. The van der Waals surface area contributed by atoms with Gasteiger partial charge in [0.05, 0.1) is 12.9 Å². The Kier molecular flexibility index (Phi) is 10.9. The summed E-state index contributed by atoms with van der Waals surface area (Å²) in [6.07, 6.45) is 0.712. The van der Waals surface area contributed by atoms with Gasteiger partial charge in [0.2, 0.25) is 10.0 Å². The number of hydrogen-bond acceptors (Lipinski definition) is 5. The van der Waals surface area contributed by atoms with E-state index in [1.165, 1.54) is 5.69 Å². The summed E-state index contributed by atoms with van der Waals surface area (Å²) in [5.41, 5.74) is 1.20. The van der Waals surface area contributed by atoms with Gasteiger partial charge in [0, 0.05) is 52.0 Å². The van der Waals surface area contributed by atoms with E-state index < -0.39 is 10.0 Å². The third kappa shape index (κ3) is 7.63. The topological polar surface area (TPSA) is 86.3 Å². The van der Waals surface area contributed by atoms with E-state index in [1.54, 1.807) is 21.1 Å². The van der Waals surface area contributed by atoms with Crippen LogP contribution in [0.15, 0.2) is 29.3 Å². The smallest absolute Gasteiger partial charge is 0.211 e. The van der Waals surface area contributed by atoms with E-state index in [2.05, 4.69) is 37.0 Å². The van der Waals surface area contributed by atoms with E-state index in [9.17, 15) is 8.42 Å². The molecule has 2 rings (SSSR count). The molecular formula is C18H32IN5O3S. The van der Waals surface area contributed by atoms with Crippen LogP contribution in [0.1, 0.15) is 13.3 Å². The summed E-state index contributed by atoms with van der Waals surface area (Å²) >= 11 is 0. The number of aliphatic imine (C=N–C) groups is 1. The van der Waals surface area contributed by atoms with Gasteiger partial charge in [0.15, 0.2) is 5.96 Å². The summed E-state index contributed by atoms with van der Waals surface area (Å²) in [5.74, 6) is 1.84. The van der Waals surface area contributed by atoms with Crippen LogP contribution in [0.2, 0.25) is 0 Å². The normalized spacial score (nSPS) is 15.2. The van der Waals surface area contributed by atoms with E-state index in [0.29, 0.717) is 19.5 Å².